The molecule has 2 N–H and O–H groups in total. The molecule has 0 saturated carbocycles. The number of nitrogens with zero attached hydrogens (tertiary/aromatic N) is 2. The van der Waals surface area contributed by atoms with Crippen LogP contribution >= 0.6 is 0 Å². The number of hydrogen-bond donors (Lipinski definition) is 2. The van der Waals surface area contributed by atoms with Crippen molar-refractivity contribution in [1.82, 2.24) is 0 Å². The van der Waals surface area contributed by atoms with Crippen LogP contribution in [0.25, 0.3) is 0 Å². The van der Waals surface area contributed by atoms with Crippen molar-refractivity contribution < 1.29 is 9.72 Å². The van der Waals surface area contributed by atoms with Crippen molar-refractivity contribution in [2.45, 2.75) is 32.2 Å². The van der Waals surface area contributed by atoms with E-state index in [1.165, 1.54) is 37.1 Å². The SMILES string of the molecule is C[C@H](Nc1ccc(N2CCCCC2)cc1)C(=O)Nc1ccccc1[N+](=O)[O-]. The molecule has 142 valence electrons. The molecular formula is C20H24N4O3. The van der Waals surface area contributed by atoms with Gasteiger partial charge in [0.2, 0.25) is 5.91 Å². The Morgan fingerprint density at radius 2 is 1.74 bits per heavy atom. The van der Waals surface area contributed by atoms with E-state index in [2.05, 4.69) is 27.7 Å². The maximum absolute atomic E-state index is 12.4. The Morgan fingerprint density at radius 1 is 1.07 bits per heavy atom. The minimum atomic E-state index is -0.536. The first-order valence-corrected chi connectivity index (χ1v) is 9.20. The molecule has 27 heavy (non-hydrogen) atoms. The molecule has 1 heterocycles. The van der Waals surface area contributed by atoms with Crippen LogP contribution in [0.3, 0.4) is 0 Å². The zero-order valence-electron chi connectivity index (χ0n) is 15.4. The van der Waals surface area contributed by atoms with E-state index in [9.17, 15) is 14.9 Å². The topological polar surface area (TPSA) is 87.5 Å². The van der Waals surface area contributed by atoms with Gasteiger partial charge in [-0.3, -0.25) is 14.9 Å². The summed E-state index contributed by atoms with van der Waals surface area (Å²) in [6.45, 7) is 3.89. The molecule has 2 aromatic rings. The fourth-order valence-electron chi connectivity index (χ4n) is 3.22. The number of amides is 1. The van der Waals surface area contributed by atoms with Crippen LogP contribution in [0.15, 0.2) is 48.5 Å². The van der Waals surface area contributed by atoms with Gasteiger partial charge in [0.25, 0.3) is 5.69 Å². The van der Waals surface area contributed by atoms with Gasteiger partial charge in [0, 0.05) is 30.5 Å². The number of rotatable bonds is 6. The Morgan fingerprint density at radius 3 is 2.41 bits per heavy atom. The third kappa shape index (κ3) is 4.75. The van der Waals surface area contributed by atoms with Crippen LogP contribution in [-0.4, -0.2) is 30.0 Å². The summed E-state index contributed by atoms with van der Waals surface area (Å²) in [6.07, 6.45) is 3.74. The summed E-state index contributed by atoms with van der Waals surface area (Å²) in [6, 6.07) is 13.6. The molecule has 1 aliphatic heterocycles. The van der Waals surface area contributed by atoms with Gasteiger partial charge in [-0.2, -0.15) is 0 Å². The molecular weight excluding hydrogens is 344 g/mol. The van der Waals surface area contributed by atoms with Crippen molar-refractivity contribution in [2.24, 2.45) is 0 Å². The van der Waals surface area contributed by atoms with E-state index in [1.54, 1.807) is 19.1 Å². The molecule has 0 bridgehead atoms. The van der Waals surface area contributed by atoms with Crippen LogP contribution in [-0.2, 0) is 4.79 Å². The molecule has 1 atom stereocenters. The van der Waals surface area contributed by atoms with E-state index in [0.717, 1.165) is 18.8 Å². The van der Waals surface area contributed by atoms with E-state index in [1.807, 2.05) is 12.1 Å². The van der Waals surface area contributed by atoms with Gasteiger partial charge >= 0.3 is 0 Å². The summed E-state index contributed by atoms with van der Waals surface area (Å²) in [5.41, 5.74) is 2.10. The van der Waals surface area contributed by atoms with E-state index < -0.39 is 11.0 Å². The van der Waals surface area contributed by atoms with Gasteiger partial charge in [-0.25, -0.2) is 0 Å². The molecule has 0 radical (unpaired) electrons. The van der Waals surface area contributed by atoms with Gasteiger partial charge in [0.1, 0.15) is 11.7 Å². The minimum Gasteiger partial charge on any atom is -0.374 e. The zero-order chi connectivity index (χ0) is 19.2. The summed E-state index contributed by atoms with van der Waals surface area (Å²) >= 11 is 0. The average Bonchev–Trinajstić information content (AvgIpc) is 2.69. The molecule has 7 heteroatoms. The fourth-order valence-corrected chi connectivity index (χ4v) is 3.22. The van der Waals surface area contributed by atoms with Crippen LogP contribution < -0.4 is 15.5 Å². The van der Waals surface area contributed by atoms with Gasteiger partial charge in [0.05, 0.1) is 4.92 Å². The highest BCUT2D eigenvalue weighted by Crippen LogP contribution is 2.24. The number of carbonyl (C=O) groups excluding carboxylic acids is 1. The zero-order valence-corrected chi connectivity index (χ0v) is 15.4. The Labute approximate surface area is 158 Å². The number of piperidine rings is 1. The first kappa shape index (κ1) is 18.7. The monoisotopic (exact) mass is 368 g/mol. The van der Waals surface area contributed by atoms with Crippen molar-refractivity contribution in [3.63, 3.8) is 0 Å². The normalized spacial score (nSPS) is 15.1. The molecule has 2 aromatic carbocycles. The first-order chi connectivity index (χ1) is 13.0. The van der Waals surface area contributed by atoms with Crippen LogP contribution in [0, 0.1) is 10.1 Å². The number of nitrogens with one attached hydrogen (secondary N) is 2. The quantitative estimate of drug-likeness (QED) is 0.594. The highest BCUT2D eigenvalue weighted by atomic mass is 16.6. The van der Waals surface area contributed by atoms with E-state index in [4.69, 9.17) is 0 Å². The second kappa shape index (κ2) is 8.53. The molecule has 1 amide bonds. The first-order valence-electron chi connectivity index (χ1n) is 9.20. The maximum atomic E-state index is 12.4. The number of carbonyl (C=O) groups is 1. The van der Waals surface area contributed by atoms with Crippen molar-refractivity contribution >= 4 is 28.7 Å². The summed E-state index contributed by atoms with van der Waals surface area (Å²) < 4.78 is 0. The Hall–Kier alpha value is -3.09. The molecule has 1 aliphatic rings. The van der Waals surface area contributed by atoms with E-state index in [0.29, 0.717) is 0 Å². The number of anilines is 3. The van der Waals surface area contributed by atoms with Gasteiger partial charge in [-0.1, -0.05) is 12.1 Å². The lowest BCUT2D eigenvalue weighted by Crippen LogP contribution is -2.32. The van der Waals surface area contributed by atoms with Crippen molar-refractivity contribution in [1.29, 1.82) is 0 Å². The third-order valence-electron chi connectivity index (χ3n) is 4.72. The van der Waals surface area contributed by atoms with Crippen molar-refractivity contribution in [2.75, 3.05) is 28.6 Å². The van der Waals surface area contributed by atoms with E-state index in [-0.39, 0.29) is 17.3 Å². The fraction of sp³-hybridized carbons (Fsp3) is 0.350. The van der Waals surface area contributed by atoms with Gasteiger partial charge in [-0.15, -0.1) is 0 Å². The Kier molecular flexibility index (Phi) is 5.90. The highest BCUT2D eigenvalue weighted by molar-refractivity contribution is 5.98. The summed E-state index contributed by atoms with van der Waals surface area (Å²) in [4.78, 5) is 25.3. The summed E-state index contributed by atoms with van der Waals surface area (Å²) in [5.74, 6) is -0.329. The van der Waals surface area contributed by atoms with Crippen molar-refractivity contribution in [3.05, 3.63) is 58.6 Å². The lowest BCUT2D eigenvalue weighted by molar-refractivity contribution is -0.383. The lowest BCUT2D eigenvalue weighted by Gasteiger charge is -2.29. The molecule has 0 aromatic heterocycles. The maximum Gasteiger partial charge on any atom is 0.292 e. The molecule has 0 unspecified atom stereocenters. The van der Waals surface area contributed by atoms with Crippen LogP contribution in [0.1, 0.15) is 26.2 Å². The molecule has 1 fully saturated rings. The van der Waals surface area contributed by atoms with Crippen molar-refractivity contribution in [3.8, 4) is 0 Å². The van der Waals surface area contributed by atoms with E-state index >= 15 is 0 Å². The second-order valence-electron chi connectivity index (χ2n) is 6.72. The summed E-state index contributed by atoms with van der Waals surface area (Å²) in [5, 5.41) is 16.8. The molecule has 3 rings (SSSR count). The van der Waals surface area contributed by atoms with Crippen LogP contribution in [0.2, 0.25) is 0 Å². The van der Waals surface area contributed by atoms with Gasteiger partial charge in [0.15, 0.2) is 0 Å². The lowest BCUT2D eigenvalue weighted by atomic mass is 10.1. The third-order valence-corrected chi connectivity index (χ3v) is 4.72. The summed E-state index contributed by atoms with van der Waals surface area (Å²) in [7, 11) is 0. The van der Waals surface area contributed by atoms with Gasteiger partial charge in [-0.05, 0) is 56.5 Å². The second-order valence-corrected chi connectivity index (χ2v) is 6.72. The molecule has 0 aliphatic carbocycles. The number of benzene rings is 2. The molecule has 1 saturated heterocycles. The predicted molar refractivity (Wildman–Crippen MR) is 107 cm³/mol. The number of para-hydroxylation sites is 2. The number of nitro groups is 1. The predicted octanol–water partition coefficient (Wildman–Crippen LogP) is 4.02. The standard InChI is InChI=1S/C20H24N4O3/c1-15(20(25)22-18-7-3-4-8-19(18)24(26)27)21-16-9-11-17(12-10-16)23-13-5-2-6-14-23/h3-4,7-12,15,21H,2,5-6,13-14H2,1H3,(H,22,25)/t15-/m0/s1. The highest BCUT2D eigenvalue weighted by Gasteiger charge is 2.19. The van der Waals surface area contributed by atoms with Crippen LogP contribution in [0.4, 0.5) is 22.7 Å². The average molecular weight is 368 g/mol. The molecule has 7 nitrogen and oxygen atoms in total. The Balaban J connectivity index is 1.60. The molecule has 0 spiro atoms. The number of hydrogen-bond acceptors (Lipinski definition) is 5. The largest absolute Gasteiger partial charge is 0.374 e. The number of nitro benzene ring substituents is 1. The van der Waals surface area contributed by atoms with Gasteiger partial charge < -0.3 is 15.5 Å². The Bertz CT molecular complexity index is 801. The van der Waals surface area contributed by atoms with Crippen LogP contribution in [0.5, 0.6) is 0 Å². The smallest absolute Gasteiger partial charge is 0.292 e. The minimum absolute atomic E-state index is 0.121.